The molecule has 0 amide bonds. The zero-order chi connectivity index (χ0) is 10.6. The molecule has 0 heterocycles. The van der Waals surface area contributed by atoms with Crippen LogP contribution in [0.4, 0.5) is 4.39 Å². The summed E-state index contributed by atoms with van der Waals surface area (Å²) in [6, 6.07) is 5.17. The molecule has 14 heavy (non-hydrogen) atoms. The first kappa shape index (κ1) is 11.0. The maximum Gasteiger partial charge on any atom is 0.126 e. The fourth-order valence-electron chi connectivity index (χ4n) is 1.43. The van der Waals surface area contributed by atoms with Gasteiger partial charge in [-0.1, -0.05) is 18.2 Å². The molecule has 0 saturated carbocycles. The Balaban J connectivity index is 2.89. The summed E-state index contributed by atoms with van der Waals surface area (Å²) < 4.78 is 13.0. The van der Waals surface area contributed by atoms with Gasteiger partial charge in [-0.25, -0.2) is 4.39 Å². The number of hydrogen-bond donors (Lipinski definition) is 2. The number of halogens is 1. The minimum Gasteiger partial charge on any atom is -0.507 e. The second-order valence-corrected chi connectivity index (χ2v) is 3.36. The van der Waals surface area contributed by atoms with Gasteiger partial charge in [-0.2, -0.15) is 0 Å². The Bertz CT molecular complexity index is 299. The zero-order valence-electron chi connectivity index (χ0n) is 8.33. The van der Waals surface area contributed by atoms with Crippen molar-refractivity contribution in [1.82, 2.24) is 0 Å². The molecule has 0 aliphatic carbocycles. The Morgan fingerprint density at radius 2 is 2.21 bits per heavy atom. The van der Waals surface area contributed by atoms with Gasteiger partial charge in [0.05, 0.1) is 0 Å². The van der Waals surface area contributed by atoms with Crippen LogP contribution in [-0.4, -0.2) is 11.7 Å². The summed E-state index contributed by atoms with van der Waals surface area (Å²) >= 11 is 0. The van der Waals surface area contributed by atoms with Crippen molar-refractivity contribution < 1.29 is 9.50 Å². The van der Waals surface area contributed by atoms with E-state index in [0.717, 1.165) is 12.0 Å². The van der Waals surface area contributed by atoms with Gasteiger partial charge in [-0.05, 0) is 31.9 Å². The maximum atomic E-state index is 13.0. The molecular weight excluding hydrogens is 181 g/mol. The molecule has 1 unspecified atom stereocenters. The predicted octanol–water partition coefficient (Wildman–Crippen LogP) is 2.31. The number of phenols is 1. The fraction of sp³-hybridized carbons (Fsp3) is 0.455. The van der Waals surface area contributed by atoms with Gasteiger partial charge in [-0.15, -0.1) is 0 Å². The molecule has 3 N–H and O–H groups in total. The van der Waals surface area contributed by atoms with Gasteiger partial charge in [0.15, 0.2) is 0 Å². The molecule has 0 bridgehead atoms. The first-order valence-corrected chi connectivity index (χ1v) is 4.81. The van der Waals surface area contributed by atoms with Gasteiger partial charge in [-0.3, -0.25) is 0 Å². The largest absolute Gasteiger partial charge is 0.507 e. The highest BCUT2D eigenvalue weighted by atomic mass is 19.1. The Morgan fingerprint density at radius 3 is 2.79 bits per heavy atom. The second-order valence-electron chi connectivity index (χ2n) is 3.36. The molecule has 1 atom stereocenters. The molecule has 78 valence electrons. The van der Waals surface area contributed by atoms with Crippen LogP contribution < -0.4 is 5.73 Å². The van der Waals surface area contributed by atoms with Crippen molar-refractivity contribution in [3.8, 4) is 5.75 Å². The Kier molecular flexibility index (Phi) is 3.89. The lowest BCUT2D eigenvalue weighted by Gasteiger charge is -2.09. The monoisotopic (exact) mass is 197 g/mol. The number of rotatable bonds is 4. The lowest BCUT2D eigenvalue weighted by atomic mass is 10.0. The Hall–Kier alpha value is -1.09. The topological polar surface area (TPSA) is 46.2 Å². The highest BCUT2D eigenvalue weighted by molar-refractivity contribution is 5.41. The van der Waals surface area contributed by atoms with E-state index in [4.69, 9.17) is 5.73 Å². The van der Waals surface area contributed by atoms with Crippen LogP contribution in [0.25, 0.3) is 0 Å². The molecule has 0 fully saturated rings. The lowest BCUT2D eigenvalue weighted by Crippen LogP contribution is -2.01. The SMILES string of the molecule is CC(F)c1cccc(CCCN)c1O. The molecule has 3 heteroatoms. The number of aryl methyl sites for hydroxylation is 1. The van der Waals surface area contributed by atoms with Crippen LogP contribution in [0.3, 0.4) is 0 Å². The third-order valence-corrected chi connectivity index (χ3v) is 2.23. The summed E-state index contributed by atoms with van der Waals surface area (Å²) in [7, 11) is 0. The van der Waals surface area contributed by atoms with E-state index in [9.17, 15) is 9.50 Å². The van der Waals surface area contributed by atoms with Gasteiger partial charge in [0.2, 0.25) is 0 Å². The summed E-state index contributed by atoms with van der Waals surface area (Å²) in [4.78, 5) is 0. The summed E-state index contributed by atoms with van der Waals surface area (Å²) in [6.45, 7) is 2.00. The minimum absolute atomic E-state index is 0.0796. The second kappa shape index (κ2) is 4.96. The molecule has 0 aromatic heterocycles. The lowest BCUT2D eigenvalue weighted by molar-refractivity contribution is 0.355. The average molecular weight is 197 g/mol. The number of para-hydroxylation sites is 1. The quantitative estimate of drug-likeness (QED) is 0.778. The number of phenolic OH excluding ortho intramolecular Hbond substituents is 1. The highest BCUT2D eigenvalue weighted by Gasteiger charge is 2.11. The predicted molar refractivity (Wildman–Crippen MR) is 55.0 cm³/mol. The van der Waals surface area contributed by atoms with Crippen LogP contribution in [0.5, 0.6) is 5.75 Å². The van der Waals surface area contributed by atoms with E-state index in [1.165, 1.54) is 6.92 Å². The van der Waals surface area contributed by atoms with Gasteiger partial charge in [0, 0.05) is 5.56 Å². The third-order valence-electron chi connectivity index (χ3n) is 2.23. The summed E-state index contributed by atoms with van der Waals surface area (Å²) in [5.41, 5.74) is 6.50. The van der Waals surface area contributed by atoms with Crippen molar-refractivity contribution >= 4 is 0 Å². The molecule has 1 aromatic carbocycles. The highest BCUT2D eigenvalue weighted by Crippen LogP contribution is 2.30. The summed E-state index contributed by atoms with van der Waals surface area (Å²) in [6.07, 6.45) is 0.369. The van der Waals surface area contributed by atoms with Crippen molar-refractivity contribution in [2.45, 2.75) is 25.9 Å². The summed E-state index contributed by atoms with van der Waals surface area (Å²) in [5.74, 6) is 0.0796. The van der Waals surface area contributed by atoms with E-state index in [1.807, 2.05) is 0 Å². The van der Waals surface area contributed by atoms with Crippen LogP contribution in [0, 0.1) is 0 Å². The van der Waals surface area contributed by atoms with Gasteiger partial charge in [0.25, 0.3) is 0 Å². The van der Waals surface area contributed by atoms with Crippen LogP contribution in [-0.2, 0) is 6.42 Å². The van der Waals surface area contributed by atoms with E-state index in [1.54, 1.807) is 18.2 Å². The van der Waals surface area contributed by atoms with Gasteiger partial charge < -0.3 is 10.8 Å². The number of aromatic hydroxyl groups is 1. The third kappa shape index (κ3) is 2.45. The average Bonchev–Trinajstić information content (AvgIpc) is 2.16. The zero-order valence-corrected chi connectivity index (χ0v) is 8.33. The van der Waals surface area contributed by atoms with Gasteiger partial charge in [0.1, 0.15) is 11.9 Å². The maximum absolute atomic E-state index is 13.0. The Labute approximate surface area is 83.6 Å². The number of nitrogens with two attached hydrogens (primary N) is 1. The van der Waals surface area contributed by atoms with Crippen LogP contribution >= 0.6 is 0 Å². The number of hydrogen-bond acceptors (Lipinski definition) is 2. The normalized spacial score (nSPS) is 12.8. The molecule has 2 nitrogen and oxygen atoms in total. The van der Waals surface area contributed by atoms with E-state index in [-0.39, 0.29) is 5.75 Å². The Morgan fingerprint density at radius 1 is 1.50 bits per heavy atom. The molecule has 0 spiro atoms. The minimum atomic E-state index is -1.13. The van der Waals surface area contributed by atoms with E-state index in [0.29, 0.717) is 18.5 Å². The van der Waals surface area contributed by atoms with Crippen molar-refractivity contribution in [3.05, 3.63) is 29.3 Å². The summed E-state index contributed by atoms with van der Waals surface area (Å²) in [5, 5.41) is 9.71. The van der Waals surface area contributed by atoms with Crippen LogP contribution in [0.1, 0.15) is 30.6 Å². The smallest absolute Gasteiger partial charge is 0.126 e. The van der Waals surface area contributed by atoms with E-state index in [2.05, 4.69) is 0 Å². The first-order valence-electron chi connectivity index (χ1n) is 4.81. The first-order chi connectivity index (χ1) is 6.66. The van der Waals surface area contributed by atoms with Crippen molar-refractivity contribution in [2.24, 2.45) is 5.73 Å². The van der Waals surface area contributed by atoms with Crippen LogP contribution in [0.2, 0.25) is 0 Å². The van der Waals surface area contributed by atoms with Gasteiger partial charge >= 0.3 is 0 Å². The van der Waals surface area contributed by atoms with Crippen molar-refractivity contribution in [2.75, 3.05) is 6.54 Å². The molecule has 1 rings (SSSR count). The molecule has 0 aliphatic rings. The molecule has 0 radical (unpaired) electrons. The molecule has 0 aliphatic heterocycles. The number of alkyl halides is 1. The standard InChI is InChI=1S/C11H16FNO/c1-8(12)10-6-2-4-9(11(10)14)5-3-7-13/h2,4,6,8,14H,3,5,7,13H2,1H3. The van der Waals surface area contributed by atoms with E-state index >= 15 is 0 Å². The molecule has 0 saturated heterocycles. The fourth-order valence-corrected chi connectivity index (χ4v) is 1.43. The number of benzene rings is 1. The van der Waals surface area contributed by atoms with Crippen LogP contribution in [0.15, 0.2) is 18.2 Å². The van der Waals surface area contributed by atoms with Crippen molar-refractivity contribution in [3.63, 3.8) is 0 Å². The molecular formula is C11H16FNO. The van der Waals surface area contributed by atoms with E-state index < -0.39 is 6.17 Å². The van der Waals surface area contributed by atoms with Crippen molar-refractivity contribution in [1.29, 1.82) is 0 Å². The molecule has 1 aromatic rings.